The molecule has 0 aliphatic carbocycles. The van der Waals surface area contributed by atoms with Crippen LogP contribution >= 0.6 is 0 Å². The molecule has 0 aromatic heterocycles. The molecule has 0 unspecified atom stereocenters. The van der Waals surface area contributed by atoms with E-state index in [0.717, 1.165) is 0 Å². The van der Waals surface area contributed by atoms with Crippen LogP contribution in [0.15, 0.2) is 35.2 Å². The summed E-state index contributed by atoms with van der Waals surface area (Å²) in [6, 6.07) is 8.09. The first-order valence-corrected chi connectivity index (χ1v) is 5.25. The van der Waals surface area contributed by atoms with Crippen LogP contribution in [-0.4, -0.2) is 18.9 Å². The fraction of sp³-hybridized carbons (Fsp3) is 0. The van der Waals surface area contributed by atoms with Crippen LogP contribution < -0.4 is 0 Å². The van der Waals surface area contributed by atoms with Crippen LogP contribution in [0.2, 0.25) is 0 Å². The standard InChI is InChI=1S/C6H8O3SSi/c7-10(8,9-11)6-4-2-1-3-5-6/h1-5H,11H3. The van der Waals surface area contributed by atoms with E-state index in [1.165, 1.54) is 12.1 Å². The van der Waals surface area contributed by atoms with Gasteiger partial charge < -0.3 is 3.87 Å². The smallest absolute Gasteiger partial charge is 0.286 e. The van der Waals surface area contributed by atoms with E-state index >= 15 is 0 Å². The Morgan fingerprint density at radius 2 is 1.73 bits per heavy atom. The molecule has 0 amide bonds. The maximum atomic E-state index is 11.0. The summed E-state index contributed by atoms with van der Waals surface area (Å²) in [5.74, 6) is 0. The quantitative estimate of drug-likeness (QED) is 0.597. The van der Waals surface area contributed by atoms with Crippen molar-refractivity contribution >= 4 is 20.6 Å². The Balaban J connectivity index is 3.14. The second-order valence-electron chi connectivity index (χ2n) is 1.93. The summed E-state index contributed by atoms with van der Waals surface area (Å²) in [7, 11) is -3.24. The normalized spacial score (nSPS) is 11.6. The predicted octanol–water partition coefficient (Wildman–Crippen LogP) is -0.328. The van der Waals surface area contributed by atoms with Crippen LogP contribution in [0, 0.1) is 0 Å². The molecule has 1 aromatic rings. The summed E-state index contributed by atoms with van der Waals surface area (Å²) >= 11 is 0. The van der Waals surface area contributed by atoms with E-state index in [0.29, 0.717) is 0 Å². The average Bonchev–Trinajstić information content (AvgIpc) is 2.06. The molecule has 60 valence electrons. The molecule has 5 heteroatoms. The molecule has 3 nitrogen and oxygen atoms in total. The Morgan fingerprint density at radius 1 is 1.18 bits per heavy atom. The van der Waals surface area contributed by atoms with Crippen molar-refractivity contribution in [2.24, 2.45) is 0 Å². The molecule has 0 N–H and O–H groups in total. The molecule has 0 saturated heterocycles. The van der Waals surface area contributed by atoms with Crippen LogP contribution in [0.3, 0.4) is 0 Å². The fourth-order valence-electron chi connectivity index (χ4n) is 0.683. The largest absolute Gasteiger partial charge is 0.323 e. The van der Waals surface area contributed by atoms with E-state index in [9.17, 15) is 8.42 Å². The SMILES string of the molecule is O=S(=O)(O[SiH3])c1ccccc1. The summed E-state index contributed by atoms with van der Waals surface area (Å²) in [6.07, 6.45) is 0. The summed E-state index contributed by atoms with van der Waals surface area (Å²) in [4.78, 5) is 0.218. The van der Waals surface area contributed by atoms with Crippen LogP contribution in [0.1, 0.15) is 0 Å². The molecule has 1 aromatic carbocycles. The molecule has 0 heterocycles. The molecular formula is C6H8O3SSi. The molecular weight excluding hydrogens is 180 g/mol. The lowest BCUT2D eigenvalue weighted by molar-refractivity contribution is 0.508. The zero-order valence-corrected chi connectivity index (χ0v) is 8.84. The lowest BCUT2D eigenvalue weighted by Crippen LogP contribution is -2.02. The van der Waals surface area contributed by atoms with Gasteiger partial charge in [-0.2, -0.15) is 8.42 Å². The lowest BCUT2D eigenvalue weighted by atomic mass is 10.4. The first-order chi connectivity index (χ1) is 5.17. The number of hydrogen-bond donors (Lipinski definition) is 0. The molecule has 1 rings (SSSR count). The van der Waals surface area contributed by atoms with E-state index in [2.05, 4.69) is 3.87 Å². The minimum Gasteiger partial charge on any atom is -0.323 e. The van der Waals surface area contributed by atoms with Crippen molar-refractivity contribution in [3.8, 4) is 0 Å². The van der Waals surface area contributed by atoms with E-state index in [1.54, 1.807) is 18.2 Å². The van der Waals surface area contributed by atoms with E-state index in [4.69, 9.17) is 0 Å². The van der Waals surface area contributed by atoms with Crippen LogP contribution in [0.25, 0.3) is 0 Å². The predicted molar refractivity (Wildman–Crippen MR) is 44.7 cm³/mol. The second kappa shape index (κ2) is 3.16. The highest BCUT2D eigenvalue weighted by Gasteiger charge is 2.09. The summed E-state index contributed by atoms with van der Waals surface area (Å²) < 4.78 is 26.5. The first kappa shape index (κ1) is 8.44. The molecule has 0 spiro atoms. The maximum absolute atomic E-state index is 11.0. The zero-order valence-electron chi connectivity index (χ0n) is 6.02. The van der Waals surface area contributed by atoms with Gasteiger partial charge in [0.2, 0.25) is 0 Å². The van der Waals surface area contributed by atoms with E-state index in [1.807, 2.05) is 0 Å². The Labute approximate surface area is 68.7 Å². The van der Waals surface area contributed by atoms with Gasteiger partial charge in [-0.25, -0.2) is 0 Å². The molecule has 0 radical (unpaired) electrons. The van der Waals surface area contributed by atoms with Gasteiger partial charge in [0.1, 0.15) is 0 Å². The second-order valence-corrected chi connectivity index (χ2v) is 4.65. The minimum absolute atomic E-state index is 0.194. The average molecular weight is 188 g/mol. The summed E-state index contributed by atoms with van der Waals surface area (Å²) in [6.45, 7) is 0. The molecule has 0 aliphatic heterocycles. The maximum Gasteiger partial charge on any atom is 0.286 e. The van der Waals surface area contributed by atoms with E-state index in [-0.39, 0.29) is 15.4 Å². The summed E-state index contributed by atoms with van der Waals surface area (Å²) in [5, 5.41) is 0. The summed E-state index contributed by atoms with van der Waals surface area (Å²) in [5.41, 5.74) is 0. The van der Waals surface area contributed by atoms with Gasteiger partial charge in [0.05, 0.1) is 4.90 Å². The lowest BCUT2D eigenvalue weighted by Gasteiger charge is -1.99. The zero-order chi connectivity index (χ0) is 8.32. The van der Waals surface area contributed by atoms with Crippen molar-refractivity contribution < 1.29 is 12.3 Å². The van der Waals surface area contributed by atoms with Crippen LogP contribution in [-0.2, 0) is 14.0 Å². The molecule has 0 bridgehead atoms. The number of benzene rings is 1. The molecule has 0 atom stereocenters. The fourth-order valence-corrected chi connectivity index (χ4v) is 1.94. The first-order valence-electron chi connectivity index (χ1n) is 3.02. The third kappa shape index (κ3) is 1.89. The van der Waals surface area contributed by atoms with Crippen molar-refractivity contribution in [1.82, 2.24) is 0 Å². The van der Waals surface area contributed by atoms with Crippen LogP contribution in [0.4, 0.5) is 0 Å². The van der Waals surface area contributed by atoms with Crippen molar-refractivity contribution in [2.45, 2.75) is 4.90 Å². The van der Waals surface area contributed by atoms with Gasteiger partial charge in [0.15, 0.2) is 10.5 Å². The monoisotopic (exact) mass is 188 g/mol. The van der Waals surface area contributed by atoms with Gasteiger partial charge in [0.25, 0.3) is 10.1 Å². The third-order valence-electron chi connectivity index (χ3n) is 1.25. The highest BCUT2D eigenvalue weighted by atomic mass is 32.2. The van der Waals surface area contributed by atoms with E-state index < -0.39 is 10.1 Å². The minimum atomic E-state index is -3.44. The third-order valence-corrected chi connectivity index (χ3v) is 3.86. The molecule has 11 heavy (non-hydrogen) atoms. The molecule has 0 aliphatic rings. The Bertz CT molecular complexity index is 319. The number of rotatable bonds is 2. The van der Waals surface area contributed by atoms with Gasteiger partial charge in [-0.3, -0.25) is 0 Å². The highest BCUT2D eigenvalue weighted by Crippen LogP contribution is 2.08. The van der Waals surface area contributed by atoms with Crippen LogP contribution in [0.5, 0.6) is 0 Å². The van der Waals surface area contributed by atoms with Gasteiger partial charge in [-0.05, 0) is 12.1 Å². The van der Waals surface area contributed by atoms with Gasteiger partial charge in [-0.15, -0.1) is 0 Å². The van der Waals surface area contributed by atoms with Crippen molar-refractivity contribution in [3.63, 3.8) is 0 Å². The Hall–Kier alpha value is -0.653. The van der Waals surface area contributed by atoms with Gasteiger partial charge >= 0.3 is 0 Å². The Morgan fingerprint density at radius 3 is 2.18 bits per heavy atom. The van der Waals surface area contributed by atoms with Gasteiger partial charge in [0, 0.05) is 0 Å². The number of hydrogen-bond acceptors (Lipinski definition) is 3. The molecule has 0 fully saturated rings. The highest BCUT2D eigenvalue weighted by molar-refractivity contribution is 7.87. The molecule has 0 saturated carbocycles. The van der Waals surface area contributed by atoms with Crippen molar-refractivity contribution in [2.75, 3.05) is 0 Å². The van der Waals surface area contributed by atoms with Gasteiger partial charge in [-0.1, -0.05) is 18.2 Å². The topological polar surface area (TPSA) is 43.4 Å². The Kier molecular flexibility index (Phi) is 2.43. The van der Waals surface area contributed by atoms with Crippen molar-refractivity contribution in [1.29, 1.82) is 0 Å². The van der Waals surface area contributed by atoms with Crippen molar-refractivity contribution in [3.05, 3.63) is 30.3 Å².